The number of hydrogen-bond acceptors (Lipinski definition) is 3. The second-order valence-electron chi connectivity index (χ2n) is 3.32. The van der Waals surface area contributed by atoms with E-state index in [1.54, 1.807) is 0 Å². The minimum Gasteiger partial charge on any atom is -0.386 e. The van der Waals surface area contributed by atoms with Crippen LogP contribution in [-0.2, 0) is 4.74 Å². The van der Waals surface area contributed by atoms with Gasteiger partial charge in [-0.05, 0) is 23.8 Å². The van der Waals surface area contributed by atoms with Gasteiger partial charge in [-0.3, -0.25) is 4.99 Å². The van der Waals surface area contributed by atoms with Crippen molar-refractivity contribution in [1.29, 1.82) is 0 Å². The van der Waals surface area contributed by atoms with Crippen LogP contribution in [0.25, 0.3) is 0 Å². The number of rotatable bonds is 1. The van der Waals surface area contributed by atoms with Gasteiger partial charge >= 0.3 is 0 Å². The molecule has 0 spiro atoms. The molecule has 0 aromatic heterocycles. The fourth-order valence-corrected chi connectivity index (χ4v) is 2.17. The number of halogens is 2. The van der Waals surface area contributed by atoms with Crippen LogP contribution < -0.4 is 5.73 Å². The number of nitrogens with zero attached hydrogens (tertiary/aromatic N) is 1. The van der Waals surface area contributed by atoms with E-state index in [2.05, 4.69) is 20.9 Å². The van der Waals surface area contributed by atoms with Crippen molar-refractivity contribution in [3.8, 4) is 0 Å². The van der Waals surface area contributed by atoms with Gasteiger partial charge in [0.25, 0.3) is 0 Å². The van der Waals surface area contributed by atoms with Crippen molar-refractivity contribution in [3.05, 3.63) is 33.3 Å². The van der Waals surface area contributed by atoms with Crippen LogP contribution in [0.1, 0.15) is 11.6 Å². The summed E-state index contributed by atoms with van der Waals surface area (Å²) in [5.41, 5.74) is 6.63. The molecule has 2 rings (SSSR count). The number of benzene rings is 1. The predicted octanol–water partition coefficient (Wildman–Crippen LogP) is 2.53. The molecule has 1 unspecified atom stereocenters. The molecule has 15 heavy (non-hydrogen) atoms. The summed E-state index contributed by atoms with van der Waals surface area (Å²) in [4.78, 5) is 4.34. The highest BCUT2D eigenvalue weighted by Gasteiger charge is 2.18. The van der Waals surface area contributed by atoms with E-state index in [4.69, 9.17) is 22.1 Å². The molecule has 0 radical (unpaired) electrons. The molecule has 1 atom stereocenters. The molecule has 1 aromatic carbocycles. The van der Waals surface area contributed by atoms with E-state index in [1.807, 2.05) is 18.2 Å². The largest absolute Gasteiger partial charge is 0.386 e. The van der Waals surface area contributed by atoms with Crippen LogP contribution in [0, 0.1) is 0 Å². The van der Waals surface area contributed by atoms with Crippen molar-refractivity contribution >= 4 is 33.4 Å². The molecular weight excluding hydrogens is 279 g/mol. The minimum atomic E-state index is -0.0631. The summed E-state index contributed by atoms with van der Waals surface area (Å²) < 4.78 is 6.30. The molecule has 1 heterocycles. The standard InChI is InChI=1S/C10H10BrClN2O/c11-8-2-1-6(12)3-7(8)9-4-15-5-10(13)14-9/h1-3,9H,4-5H2,(H2,13,14). The topological polar surface area (TPSA) is 47.6 Å². The maximum Gasteiger partial charge on any atom is 0.121 e. The molecule has 5 heteroatoms. The molecule has 1 aliphatic heterocycles. The van der Waals surface area contributed by atoms with E-state index in [0.717, 1.165) is 10.0 Å². The molecule has 3 nitrogen and oxygen atoms in total. The molecule has 0 fully saturated rings. The maximum atomic E-state index is 5.93. The summed E-state index contributed by atoms with van der Waals surface area (Å²) in [7, 11) is 0. The van der Waals surface area contributed by atoms with Gasteiger partial charge in [0.15, 0.2) is 0 Å². The third-order valence-corrected chi connectivity index (χ3v) is 3.12. The Hall–Kier alpha value is -0.580. The molecule has 0 saturated heterocycles. The quantitative estimate of drug-likeness (QED) is 0.863. The lowest BCUT2D eigenvalue weighted by molar-refractivity contribution is 0.143. The lowest BCUT2D eigenvalue weighted by atomic mass is 10.1. The molecule has 80 valence electrons. The van der Waals surface area contributed by atoms with Crippen molar-refractivity contribution in [2.45, 2.75) is 6.04 Å². The Labute approximate surface area is 101 Å². The van der Waals surface area contributed by atoms with Crippen LogP contribution in [0.15, 0.2) is 27.7 Å². The highest BCUT2D eigenvalue weighted by atomic mass is 79.9. The van der Waals surface area contributed by atoms with Gasteiger partial charge in [-0.25, -0.2) is 0 Å². The lowest BCUT2D eigenvalue weighted by Gasteiger charge is -2.20. The van der Waals surface area contributed by atoms with Gasteiger partial charge in [0.1, 0.15) is 18.5 Å². The fourth-order valence-electron chi connectivity index (χ4n) is 1.48. The zero-order chi connectivity index (χ0) is 10.8. The van der Waals surface area contributed by atoms with E-state index >= 15 is 0 Å². The average Bonchev–Trinajstić information content (AvgIpc) is 2.22. The number of aliphatic imine (C=N–C) groups is 1. The van der Waals surface area contributed by atoms with Crippen LogP contribution in [0.2, 0.25) is 5.02 Å². The van der Waals surface area contributed by atoms with Gasteiger partial charge in [0.05, 0.1) is 6.61 Å². The van der Waals surface area contributed by atoms with Crippen LogP contribution in [0.4, 0.5) is 0 Å². The molecular formula is C10H10BrClN2O. The smallest absolute Gasteiger partial charge is 0.121 e. The summed E-state index contributed by atoms with van der Waals surface area (Å²) in [6, 6.07) is 5.54. The van der Waals surface area contributed by atoms with Crippen molar-refractivity contribution < 1.29 is 4.74 Å². The Bertz CT molecular complexity index is 408. The zero-order valence-corrected chi connectivity index (χ0v) is 10.3. The second-order valence-corrected chi connectivity index (χ2v) is 4.61. The molecule has 0 bridgehead atoms. The van der Waals surface area contributed by atoms with Gasteiger partial charge in [0, 0.05) is 9.50 Å². The van der Waals surface area contributed by atoms with Gasteiger partial charge in [0.2, 0.25) is 0 Å². The van der Waals surface area contributed by atoms with Crippen molar-refractivity contribution in [3.63, 3.8) is 0 Å². The number of hydrogen-bond donors (Lipinski definition) is 1. The Morgan fingerprint density at radius 3 is 3.07 bits per heavy atom. The Balaban J connectivity index is 2.36. The maximum absolute atomic E-state index is 5.93. The van der Waals surface area contributed by atoms with Gasteiger partial charge in [-0.2, -0.15) is 0 Å². The zero-order valence-electron chi connectivity index (χ0n) is 7.91. The molecule has 1 aliphatic rings. The minimum absolute atomic E-state index is 0.0631. The predicted molar refractivity (Wildman–Crippen MR) is 64.3 cm³/mol. The summed E-state index contributed by atoms with van der Waals surface area (Å²) in [5.74, 6) is 0.526. The summed E-state index contributed by atoms with van der Waals surface area (Å²) in [6.07, 6.45) is 0. The van der Waals surface area contributed by atoms with Crippen LogP contribution in [0.5, 0.6) is 0 Å². The van der Waals surface area contributed by atoms with Crippen molar-refractivity contribution in [2.75, 3.05) is 13.2 Å². The van der Waals surface area contributed by atoms with Crippen LogP contribution in [0.3, 0.4) is 0 Å². The lowest BCUT2D eigenvalue weighted by Crippen LogP contribution is -2.27. The second kappa shape index (κ2) is 4.51. The molecule has 1 aromatic rings. The third-order valence-electron chi connectivity index (χ3n) is 2.16. The van der Waals surface area contributed by atoms with E-state index in [-0.39, 0.29) is 6.04 Å². The van der Waals surface area contributed by atoms with E-state index in [9.17, 15) is 0 Å². The third kappa shape index (κ3) is 2.51. The first-order chi connectivity index (χ1) is 7.16. The number of nitrogens with two attached hydrogens (primary N) is 1. The summed E-state index contributed by atoms with van der Waals surface area (Å²) in [5, 5.41) is 0.688. The molecule has 0 aliphatic carbocycles. The monoisotopic (exact) mass is 288 g/mol. The molecule has 2 N–H and O–H groups in total. The van der Waals surface area contributed by atoms with Crippen molar-refractivity contribution in [1.82, 2.24) is 0 Å². The van der Waals surface area contributed by atoms with E-state index < -0.39 is 0 Å². The SMILES string of the molecule is NC1=NC(c2cc(Cl)ccc2Br)COC1. The number of amidine groups is 1. The Morgan fingerprint density at radius 2 is 2.33 bits per heavy atom. The summed E-state index contributed by atoms with van der Waals surface area (Å²) >= 11 is 9.39. The van der Waals surface area contributed by atoms with Gasteiger partial charge in [-0.15, -0.1) is 0 Å². The van der Waals surface area contributed by atoms with Crippen LogP contribution >= 0.6 is 27.5 Å². The molecule has 0 amide bonds. The summed E-state index contributed by atoms with van der Waals surface area (Å²) in [6.45, 7) is 0.953. The highest BCUT2D eigenvalue weighted by molar-refractivity contribution is 9.10. The van der Waals surface area contributed by atoms with E-state index in [0.29, 0.717) is 24.1 Å². The van der Waals surface area contributed by atoms with Crippen molar-refractivity contribution in [2.24, 2.45) is 10.7 Å². The Kier molecular flexibility index (Phi) is 3.29. The van der Waals surface area contributed by atoms with Crippen LogP contribution in [-0.4, -0.2) is 19.0 Å². The first-order valence-corrected chi connectivity index (χ1v) is 5.69. The average molecular weight is 290 g/mol. The van der Waals surface area contributed by atoms with Gasteiger partial charge in [-0.1, -0.05) is 27.5 Å². The fraction of sp³-hybridized carbons (Fsp3) is 0.300. The highest BCUT2D eigenvalue weighted by Crippen LogP contribution is 2.30. The molecule has 0 saturated carbocycles. The first-order valence-electron chi connectivity index (χ1n) is 4.51. The van der Waals surface area contributed by atoms with E-state index in [1.165, 1.54) is 0 Å². The normalized spacial score (nSPS) is 21.2. The number of ether oxygens (including phenoxy) is 1. The van der Waals surface area contributed by atoms with Gasteiger partial charge < -0.3 is 10.5 Å². The Morgan fingerprint density at radius 1 is 1.53 bits per heavy atom. The first kappa shape index (κ1) is 10.9.